The summed E-state index contributed by atoms with van der Waals surface area (Å²) >= 11 is 0. The highest BCUT2D eigenvalue weighted by Gasteiger charge is 1.94. The molecule has 0 fully saturated rings. The average molecular weight is 201 g/mol. The van der Waals surface area contributed by atoms with E-state index < -0.39 is 0 Å². The monoisotopic (exact) mass is 201 g/mol. The molecule has 0 aliphatic heterocycles. The molecular weight excluding hydrogens is 186 g/mol. The van der Waals surface area contributed by atoms with E-state index in [1.807, 2.05) is 30.3 Å². The summed E-state index contributed by atoms with van der Waals surface area (Å²) in [4.78, 5) is 0. The summed E-state index contributed by atoms with van der Waals surface area (Å²) in [5.41, 5.74) is 1.90. The van der Waals surface area contributed by atoms with Gasteiger partial charge in [0.2, 0.25) is 0 Å². The molecule has 78 valence electrons. The molecule has 2 heteroatoms. The number of benzene rings is 1. The van der Waals surface area contributed by atoms with E-state index in [0.717, 1.165) is 17.1 Å². The second-order valence-corrected chi connectivity index (χ2v) is 2.92. The maximum Gasteiger partial charge on any atom is 0.119 e. The molecule has 0 aromatic heterocycles. The summed E-state index contributed by atoms with van der Waals surface area (Å²) in [6, 6.07) is 7.69. The fourth-order valence-corrected chi connectivity index (χ4v) is 1.13. The van der Waals surface area contributed by atoms with Crippen molar-refractivity contribution in [3.8, 4) is 5.75 Å². The van der Waals surface area contributed by atoms with Gasteiger partial charge in [-0.25, -0.2) is 0 Å². The SMILES string of the molecule is C=C/C=C(\C=C)Nc1ccc(OC)cc1. The molecule has 0 atom stereocenters. The Morgan fingerprint density at radius 3 is 2.40 bits per heavy atom. The third kappa shape index (κ3) is 3.35. The Hall–Kier alpha value is -1.96. The van der Waals surface area contributed by atoms with Crippen molar-refractivity contribution in [1.82, 2.24) is 0 Å². The number of rotatable bonds is 5. The van der Waals surface area contributed by atoms with Crippen molar-refractivity contribution in [3.05, 3.63) is 61.3 Å². The van der Waals surface area contributed by atoms with Crippen LogP contribution in [0.5, 0.6) is 5.75 Å². The van der Waals surface area contributed by atoms with Crippen LogP contribution in [-0.4, -0.2) is 7.11 Å². The molecule has 0 aliphatic carbocycles. The van der Waals surface area contributed by atoms with Gasteiger partial charge in [0, 0.05) is 11.4 Å². The lowest BCUT2D eigenvalue weighted by molar-refractivity contribution is 0.415. The zero-order chi connectivity index (χ0) is 11.1. The van der Waals surface area contributed by atoms with E-state index in [0.29, 0.717) is 0 Å². The molecular formula is C13H15NO. The van der Waals surface area contributed by atoms with E-state index in [9.17, 15) is 0 Å². The first-order chi connectivity index (χ1) is 7.30. The summed E-state index contributed by atoms with van der Waals surface area (Å²) in [6.45, 7) is 7.34. The third-order valence-corrected chi connectivity index (χ3v) is 1.90. The van der Waals surface area contributed by atoms with Crippen LogP contribution in [0.2, 0.25) is 0 Å². The number of hydrogen-bond donors (Lipinski definition) is 1. The Bertz CT molecular complexity index is 363. The minimum Gasteiger partial charge on any atom is -0.497 e. The second kappa shape index (κ2) is 5.70. The van der Waals surface area contributed by atoms with Gasteiger partial charge in [0.05, 0.1) is 7.11 Å². The van der Waals surface area contributed by atoms with Crippen molar-refractivity contribution < 1.29 is 4.74 Å². The van der Waals surface area contributed by atoms with E-state index in [-0.39, 0.29) is 0 Å². The Morgan fingerprint density at radius 2 is 1.93 bits per heavy atom. The van der Waals surface area contributed by atoms with E-state index in [1.54, 1.807) is 19.3 Å². The Labute approximate surface area is 90.6 Å². The lowest BCUT2D eigenvalue weighted by Crippen LogP contribution is -1.95. The van der Waals surface area contributed by atoms with Crippen LogP contribution in [0.4, 0.5) is 5.69 Å². The highest BCUT2D eigenvalue weighted by atomic mass is 16.5. The van der Waals surface area contributed by atoms with E-state index in [1.165, 1.54) is 0 Å². The van der Waals surface area contributed by atoms with Crippen LogP contribution in [0, 0.1) is 0 Å². The molecule has 1 aromatic rings. The van der Waals surface area contributed by atoms with Gasteiger partial charge >= 0.3 is 0 Å². The van der Waals surface area contributed by atoms with E-state index >= 15 is 0 Å². The molecule has 0 heterocycles. The molecule has 0 saturated heterocycles. The highest BCUT2D eigenvalue weighted by molar-refractivity contribution is 5.52. The van der Waals surface area contributed by atoms with Gasteiger partial charge in [-0.3, -0.25) is 0 Å². The van der Waals surface area contributed by atoms with Crippen molar-refractivity contribution in [2.75, 3.05) is 12.4 Å². The van der Waals surface area contributed by atoms with Gasteiger partial charge in [0.15, 0.2) is 0 Å². The van der Waals surface area contributed by atoms with E-state index in [2.05, 4.69) is 18.5 Å². The van der Waals surface area contributed by atoms with Gasteiger partial charge in [-0.05, 0) is 36.4 Å². The molecule has 0 unspecified atom stereocenters. The number of nitrogens with one attached hydrogen (secondary N) is 1. The van der Waals surface area contributed by atoms with Crippen LogP contribution in [0.25, 0.3) is 0 Å². The summed E-state index contributed by atoms with van der Waals surface area (Å²) < 4.78 is 5.07. The van der Waals surface area contributed by atoms with Crippen molar-refractivity contribution in [2.24, 2.45) is 0 Å². The first kappa shape index (κ1) is 11.1. The Morgan fingerprint density at radius 1 is 1.27 bits per heavy atom. The van der Waals surface area contributed by atoms with Gasteiger partial charge in [-0.1, -0.05) is 19.2 Å². The normalized spacial score (nSPS) is 10.6. The summed E-state index contributed by atoms with van der Waals surface area (Å²) in [5.74, 6) is 0.841. The smallest absolute Gasteiger partial charge is 0.119 e. The predicted molar refractivity (Wildman–Crippen MR) is 65.1 cm³/mol. The maximum atomic E-state index is 5.07. The lowest BCUT2D eigenvalue weighted by atomic mass is 10.3. The zero-order valence-electron chi connectivity index (χ0n) is 8.86. The minimum absolute atomic E-state index is 0.841. The third-order valence-electron chi connectivity index (χ3n) is 1.90. The summed E-state index contributed by atoms with van der Waals surface area (Å²) in [6.07, 6.45) is 5.32. The first-order valence-electron chi connectivity index (χ1n) is 4.66. The highest BCUT2D eigenvalue weighted by Crippen LogP contribution is 2.16. The molecule has 1 N–H and O–H groups in total. The van der Waals surface area contributed by atoms with Gasteiger partial charge < -0.3 is 10.1 Å². The van der Waals surface area contributed by atoms with Gasteiger partial charge in [-0.15, -0.1) is 0 Å². The Kier molecular flexibility index (Phi) is 4.23. The predicted octanol–water partition coefficient (Wildman–Crippen LogP) is 3.36. The topological polar surface area (TPSA) is 21.3 Å². The lowest BCUT2D eigenvalue weighted by Gasteiger charge is -2.07. The molecule has 0 radical (unpaired) electrons. The van der Waals surface area contributed by atoms with Crippen LogP contribution in [0.3, 0.4) is 0 Å². The molecule has 0 bridgehead atoms. The Balaban J connectivity index is 2.75. The van der Waals surface area contributed by atoms with Crippen molar-refractivity contribution in [1.29, 1.82) is 0 Å². The van der Waals surface area contributed by atoms with E-state index in [4.69, 9.17) is 4.74 Å². The molecule has 0 spiro atoms. The molecule has 2 nitrogen and oxygen atoms in total. The number of anilines is 1. The quantitative estimate of drug-likeness (QED) is 0.737. The number of allylic oxidation sites excluding steroid dienone is 3. The molecule has 0 amide bonds. The van der Waals surface area contributed by atoms with Crippen LogP contribution in [0.15, 0.2) is 61.3 Å². The van der Waals surface area contributed by atoms with Crippen LogP contribution >= 0.6 is 0 Å². The van der Waals surface area contributed by atoms with Gasteiger partial charge in [0.25, 0.3) is 0 Å². The van der Waals surface area contributed by atoms with Crippen LogP contribution in [-0.2, 0) is 0 Å². The fourth-order valence-electron chi connectivity index (χ4n) is 1.13. The number of methoxy groups -OCH3 is 1. The second-order valence-electron chi connectivity index (χ2n) is 2.92. The summed E-state index contributed by atoms with van der Waals surface area (Å²) in [5, 5.41) is 3.20. The molecule has 0 saturated carbocycles. The standard InChI is InChI=1S/C13H15NO/c1-4-6-11(5-2)14-12-7-9-13(15-3)10-8-12/h4-10,14H,1-2H2,3H3/b11-6+. The molecule has 1 aromatic carbocycles. The first-order valence-corrected chi connectivity index (χ1v) is 4.66. The van der Waals surface area contributed by atoms with Gasteiger partial charge in [0.1, 0.15) is 5.75 Å². The zero-order valence-corrected chi connectivity index (χ0v) is 8.86. The van der Waals surface area contributed by atoms with Crippen LogP contribution in [0.1, 0.15) is 0 Å². The number of hydrogen-bond acceptors (Lipinski definition) is 2. The maximum absolute atomic E-state index is 5.07. The average Bonchev–Trinajstić information content (AvgIpc) is 2.29. The fraction of sp³-hybridized carbons (Fsp3) is 0.0769. The summed E-state index contributed by atoms with van der Waals surface area (Å²) in [7, 11) is 1.65. The van der Waals surface area contributed by atoms with Gasteiger partial charge in [-0.2, -0.15) is 0 Å². The molecule has 1 rings (SSSR count). The number of ether oxygens (including phenoxy) is 1. The molecule has 0 aliphatic rings. The minimum atomic E-state index is 0.841. The van der Waals surface area contributed by atoms with Crippen molar-refractivity contribution in [2.45, 2.75) is 0 Å². The van der Waals surface area contributed by atoms with Crippen LogP contribution < -0.4 is 10.1 Å². The van der Waals surface area contributed by atoms with Crippen molar-refractivity contribution >= 4 is 5.69 Å². The van der Waals surface area contributed by atoms with Crippen molar-refractivity contribution in [3.63, 3.8) is 0 Å². The largest absolute Gasteiger partial charge is 0.497 e. The molecule has 15 heavy (non-hydrogen) atoms.